The number of ether oxygens (including phenoxy) is 1. The highest BCUT2D eigenvalue weighted by atomic mass is 32.1. The number of carbonyl (C=O) groups excluding carboxylic acids is 3. The fraction of sp³-hybridized carbons (Fsp3) is 0.250. The van der Waals surface area contributed by atoms with Gasteiger partial charge in [-0.15, -0.1) is 0 Å². The Morgan fingerprint density at radius 1 is 1.20 bits per heavy atom. The maximum atomic E-state index is 11.9. The zero-order valence-electron chi connectivity index (χ0n) is 13.6. The minimum absolute atomic E-state index is 0.276. The maximum absolute atomic E-state index is 11.9. The van der Waals surface area contributed by atoms with E-state index in [0.29, 0.717) is 11.3 Å². The van der Waals surface area contributed by atoms with Gasteiger partial charge in [0.25, 0.3) is 11.8 Å². The molecule has 2 amide bonds. The molecule has 0 spiro atoms. The summed E-state index contributed by atoms with van der Waals surface area (Å²) in [4.78, 5) is 46.8. The van der Waals surface area contributed by atoms with Gasteiger partial charge < -0.3 is 4.74 Å². The number of benzene rings is 1. The summed E-state index contributed by atoms with van der Waals surface area (Å²) in [5, 5.41) is 1.63. The third-order valence-corrected chi connectivity index (χ3v) is 4.16. The summed E-state index contributed by atoms with van der Waals surface area (Å²) >= 11 is 0.980. The summed E-state index contributed by atoms with van der Waals surface area (Å²) in [7, 11) is 0. The van der Waals surface area contributed by atoms with Crippen LogP contribution in [-0.2, 0) is 20.9 Å². The molecule has 8 nitrogen and oxygen atoms in total. The lowest BCUT2D eigenvalue weighted by atomic mass is 10.2. The first-order chi connectivity index (χ1) is 11.9. The molecule has 0 fully saturated rings. The fourth-order valence-electron chi connectivity index (χ4n) is 1.89. The zero-order valence-corrected chi connectivity index (χ0v) is 14.5. The molecule has 2 aromatic rings. The Morgan fingerprint density at radius 2 is 1.88 bits per heavy atom. The van der Waals surface area contributed by atoms with Crippen LogP contribution < -0.4 is 15.7 Å². The van der Waals surface area contributed by atoms with Crippen LogP contribution in [0.3, 0.4) is 0 Å². The zero-order chi connectivity index (χ0) is 18.4. The monoisotopic (exact) mass is 363 g/mol. The first kappa shape index (κ1) is 18.4. The van der Waals surface area contributed by atoms with Crippen LogP contribution in [0.1, 0.15) is 23.0 Å². The predicted molar refractivity (Wildman–Crippen MR) is 90.9 cm³/mol. The number of carbonyl (C=O) groups is 3. The Bertz CT molecular complexity index is 828. The van der Waals surface area contributed by atoms with E-state index in [1.54, 1.807) is 42.6 Å². The number of hydrogen-bond acceptors (Lipinski definition) is 6. The minimum atomic E-state index is -1.13. The second-order valence-electron chi connectivity index (χ2n) is 5.17. The maximum Gasteiger partial charge on any atom is 0.326 e. The number of aryl methyl sites for hydroxylation is 1. The molecule has 132 valence electrons. The van der Waals surface area contributed by atoms with E-state index in [9.17, 15) is 19.2 Å². The van der Waals surface area contributed by atoms with Gasteiger partial charge in [-0.05, 0) is 26.0 Å². The standard InChI is InChI=1S/C16H17N3O5S/c1-10-9-25-16(23)19(10)8-13(20)24-11(2)14(21)17-18-15(22)12-6-4-3-5-7-12/h3-7,9,11H,8H2,1-2H3,(H,17,21)(H,18,22)/t11-/m0/s1. The number of rotatable bonds is 5. The molecule has 0 saturated heterocycles. The second-order valence-corrected chi connectivity index (χ2v) is 5.99. The highest BCUT2D eigenvalue weighted by Crippen LogP contribution is 2.01. The third kappa shape index (κ3) is 5.01. The first-order valence-electron chi connectivity index (χ1n) is 7.38. The fourth-order valence-corrected chi connectivity index (χ4v) is 2.63. The molecule has 0 radical (unpaired) electrons. The van der Waals surface area contributed by atoms with E-state index in [1.165, 1.54) is 11.5 Å². The van der Waals surface area contributed by atoms with Gasteiger partial charge in [-0.1, -0.05) is 29.5 Å². The van der Waals surface area contributed by atoms with E-state index in [4.69, 9.17) is 4.74 Å². The van der Waals surface area contributed by atoms with Crippen molar-refractivity contribution < 1.29 is 19.1 Å². The van der Waals surface area contributed by atoms with Gasteiger partial charge in [0.1, 0.15) is 6.54 Å². The molecule has 0 aliphatic rings. The topological polar surface area (TPSA) is 106 Å². The van der Waals surface area contributed by atoms with Crippen molar-refractivity contribution in [2.75, 3.05) is 0 Å². The lowest BCUT2D eigenvalue weighted by Crippen LogP contribution is -2.47. The molecule has 0 saturated carbocycles. The Morgan fingerprint density at radius 3 is 2.48 bits per heavy atom. The minimum Gasteiger partial charge on any atom is -0.451 e. The van der Waals surface area contributed by atoms with Gasteiger partial charge in [0.15, 0.2) is 6.10 Å². The molecule has 1 atom stereocenters. The largest absolute Gasteiger partial charge is 0.451 e. The summed E-state index contributed by atoms with van der Waals surface area (Å²) in [6, 6.07) is 8.32. The summed E-state index contributed by atoms with van der Waals surface area (Å²) < 4.78 is 6.23. The molecule has 0 aliphatic carbocycles. The molecule has 0 aliphatic heterocycles. The molecular weight excluding hydrogens is 346 g/mol. The van der Waals surface area contributed by atoms with Crippen LogP contribution in [0.4, 0.5) is 0 Å². The SMILES string of the molecule is Cc1csc(=O)n1CC(=O)O[C@@H](C)C(=O)NNC(=O)c1ccccc1. The number of thiazole rings is 1. The number of hydrogen-bond donors (Lipinski definition) is 2. The van der Waals surface area contributed by atoms with Crippen LogP contribution >= 0.6 is 11.3 Å². The summed E-state index contributed by atoms with van der Waals surface area (Å²) in [6.45, 7) is 2.79. The van der Waals surface area contributed by atoms with Crippen LogP contribution in [0.2, 0.25) is 0 Å². The number of nitrogens with one attached hydrogen (secondary N) is 2. The summed E-state index contributed by atoms with van der Waals surface area (Å²) in [6.07, 6.45) is -1.13. The Balaban J connectivity index is 1.82. The predicted octanol–water partition coefficient (Wildman–Crippen LogP) is 0.611. The second kappa shape index (κ2) is 8.25. The summed E-state index contributed by atoms with van der Waals surface area (Å²) in [5.41, 5.74) is 5.43. The van der Waals surface area contributed by atoms with E-state index in [2.05, 4.69) is 10.9 Å². The van der Waals surface area contributed by atoms with Gasteiger partial charge in [0.05, 0.1) is 0 Å². The Labute approximate surface area is 147 Å². The number of hydrazine groups is 1. The highest BCUT2D eigenvalue weighted by Gasteiger charge is 2.19. The molecule has 0 bridgehead atoms. The molecule has 2 rings (SSSR count). The number of aromatic nitrogens is 1. The number of amides is 2. The molecule has 1 aromatic carbocycles. The van der Waals surface area contributed by atoms with Gasteiger partial charge in [-0.3, -0.25) is 34.6 Å². The van der Waals surface area contributed by atoms with Crippen molar-refractivity contribution in [3.8, 4) is 0 Å². The quantitative estimate of drug-likeness (QED) is 0.598. The van der Waals surface area contributed by atoms with Crippen LogP contribution in [0.15, 0.2) is 40.5 Å². The van der Waals surface area contributed by atoms with Crippen molar-refractivity contribution in [3.63, 3.8) is 0 Å². The molecule has 1 aromatic heterocycles. The lowest BCUT2D eigenvalue weighted by Gasteiger charge is -2.14. The average molecular weight is 363 g/mol. The van der Waals surface area contributed by atoms with Crippen molar-refractivity contribution in [1.82, 2.24) is 15.4 Å². The van der Waals surface area contributed by atoms with Crippen LogP contribution in [0.25, 0.3) is 0 Å². The van der Waals surface area contributed by atoms with Gasteiger partial charge in [0, 0.05) is 16.6 Å². The Kier molecular flexibility index (Phi) is 6.07. The molecule has 0 unspecified atom stereocenters. The van der Waals surface area contributed by atoms with E-state index in [0.717, 1.165) is 11.3 Å². The van der Waals surface area contributed by atoms with Gasteiger partial charge >= 0.3 is 10.8 Å². The molecule has 25 heavy (non-hydrogen) atoms. The van der Waals surface area contributed by atoms with Crippen molar-refractivity contribution in [2.24, 2.45) is 0 Å². The van der Waals surface area contributed by atoms with Crippen molar-refractivity contribution in [2.45, 2.75) is 26.5 Å². The van der Waals surface area contributed by atoms with E-state index >= 15 is 0 Å². The van der Waals surface area contributed by atoms with E-state index < -0.39 is 23.9 Å². The van der Waals surface area contributed by atoms with Crippen molar-refractivity contribution >= 4 is 29.1 Å². The van der Waals surface area contributed by atoms with Crippen LogP contribution in [0, 0.1) is 6.92 Å². The average Bonchev–Trinajstić information content (AvgIpc) is 2.91. The van der Waals surface area contributed by atoms with E-state index in [-0.39, 0.29) is 11.4 Å². The van der Waals surface area contributed by atoms with Gasteiger partial charge in [-0.25, -0.2) is 0 Å². The smallest absolute Gasteiger partial charge is 0.326 e. The van der Waals surface area contributed by atoms with Crippen LogP contribution in [-0.4, -0.2) is 28.5 Å². The third-order valence-electron chi connectivity index (χ3n) is 3.28. The van der Waals surface area contributed by atoms with E-state index in [1.807, 2.05) is 0 Å². The molecule has 9 heteroatoms. The summed E-state index contributed by atoms with van der Waals surface area (Å²) in [5.74, 6) is -1.90. The number of nitrogens with zero attached hydrogens (tertiary/aromatic N) is 1. The lowest BCUT2D eigenvalue weighted by molar-refractivity contribution is -0.155. The highest BCUT2D eigenvalue weighted by molar-refractivity contribution is 7.07. The number of esters is 1. The molecule has 1 heterocycles. The Hall–Kier alpha value is -2.94. The van der Waals surface area contributed by atoms with Crippen molar-refractivity contribution in [3.05, 3.63) is 56.6 Å². The first-order valence-corrected chi connectivity index (χ1v) is 8.26. The van der Waals surface area contributed by atoms with Crippen LogP contribution in [0.5, 0.6) is 0 Å². The van der Waals surface area contributed by atoms with Gasteiger partial charge in [0.2, 0.25) is 0 Å². The molecular formula is C16H17N3O5S. The van der Waals surface area contributed by atoms with Gasteiger partial charge in [-0.2, -0.15) is 0 Å². The normalized spacial score (nSPS) is 11.4. The molecule has 2 N–H and O–H groups in total. The van der Waals surface area contributed by atoms with Crippen molar-refractivity contribution in [1.29, 1.82) is 0 Å².